The van der Waals surface area contributed by atoms with Crippen LogP contribution in [0.5, 0.6) is 0 Å². The van der Waals surface area contributed by atoms with E-state index in [0.717, 1.165) is 12.1 Å². The second-order valence-electron chi connectivity index (χ2n) is 2.28. The van der Waals surface area contributed by atoms with Crippen LogP contribution in [0.4, 0.5) is 0 Å². The summed E-state index contributed by atoms with van der Waals surface area (Å²) in [7, 11) is -4.46. The first-order valence-electron chi connectivity index (χ1n) is 3.23. The minimum atomic E-state index is -4.46. The second kappa shape index (κ2) is 4.90. The number of hydrogen-bond donors (Lipinski definition) is 2. The standard InChI is InChI=1S/C7H6O5S.Na.H/c8-7(9)5-3-1-2-4-6(5)13(10,11)12;;/h1-4H,(H,8,9)(H,10,11,12);;/q;+1;-1. The molecule has 2 N–H and O–H groups in total. The summed E-state index contributed by atoms with van der Waals surface area (Å²) in [6, 6.07) is 4.83. The zero-order valence-corrected chi connectivity index (χ0v) is 10.2. The molecule has 0 fully saturated rings. The number of hydrogen-bond acceptors (Lipinski definition) is 3. The quantitative estimate of drug-likeness (QED) is 0.439. The van der Waals surface area contributed by atoms with Gasteiger partial charge in [-0.2, -0.15) is 8.42 Å². The van der Waals surface area contributed by atoms with Crippen molar-refractivity contribution in [2.45, 2.75) is 4.90 Å². The Hall–Kier alpha value is -0.400. The van der Waals surface area contributed by atoms with E-state index in [9.17, 15) is 13.2 Å². The molecular weight excluding hydrogens is 219 g/mol. The molecule has 0 amide bonds. The minimum Gasteiger partial charge on any atom is -1.00 e. The molecule has 0 atom stereocenters. The Kier molecular flexibility index (Phi) is 4.76. The average molecular weight is 226 g/mol. The summed E-state index contributed by atoms with van der Waals surface area (Å²) in [4.78, 5) is 9.90. The van der Waals surface area contributed by atoms with Gasteiger partial charge in [0.1, 0.15) is 4.90 Å². The van der Waals surface area contributed by atoms with E-state index in [1.807, 2.05) is 0 Å². The Morgan fingerprint density at radius 1 is 1.29 bits per heavy atom. The van der Waals surface area contributed by atoms with E-state index in [1.165, 1.54) is 12.1 Å². The van der Waals surface area contributed by atoms with Crippen LogP contribution in [0.15, 0.2) is 29.2 Å². The molecule has 72 valence electrons. The summed E-state index contributed by atoms with van der Waals surface area (Å²) in [6.07, 6.45) is 0. The van der Waals surface area contributed by atoms with Crippen LogP contribution >= 0.6 is 0 Å². The van der Waals surface area contributed by atoms with Gasteiger partial charge in [0, 0.05) is 0 Å². The van der Waals surface area contributed by atoms with Crippen LogP contribution in [-0.2, 0) is 10.1 Å². The number of aromatic carboxylic acids is 1. The van der Waals surface area contributed by atoms with Crippen molar-refractivity contribution >= 4 is 16.1 Å². The Balaban J connectivity index is 0. The van der Waals surface area contributed by atoms with Gasteiger partial charge in [-0.05, 0) is 12.1 Å². The largest absolute Gasteiger partial charge is 1.00 e. The van der Waals surface area contributed by atoms with Crippen LogP contribution in [0.25, 0.3) is 0 Å². The minimum absolute atomic E-state index is 0. The fraction of sp³-hybridized carbons (Fsp3) is 0. The summed E-state index contributed by atoms with van der Waals surface area (Å²) in [5.41, 5.74) is -0.440. The molecule has 1 rings (SSSR count). The van der Waals surface area contributed by atoms with Crippen LogP contribution in [0.1, 0.15) is 11.8 Å². The molecule has 0 aliphatic heterocycles. The van der Waals surface area contributed by atoms with Crippen LogP contribution in [-0.4, -0.2) is 24.0 Å². The number of carboxylic acid groups (broad SMARTS) is 1. The molecular formula is C7H7NaO5S. The van der Waals surface area contributed by atoms with Gasteiger partial charge in [0.05, 0.1) is 5.56 Å². The number of carboxylic acids is 1. The molecule has 7 heteroatoms. The summed E-state index contributed by atoms with van der Waals surface area (Å²) in [6.45, 7) is 0. The maximum atomic E-state index is 10.7. The Morgan fingerprint density at radius 2 is 1.79 bits per heavy atom. The van der Waals surface area contributed by atoms with E-state index in [1.54, 1.807) is 0 Å². The molecule has 0 aromatic heterocycles. The van der Waals surface area contributed by atoms with Crippen molar-refractivity contribution in [1.82, 2.24) is 0 Å². The summed E-state index contributed by atoms with van der Waals surface area (Å²) in [5, 5.41) is 8.55. The van der Waals surface area contributed by atoms with Gasteiger partial charge in [0.25, 0.3) is 10.1 Å². The monoisotopic (exact) mass is 226 g/mol. The normalized spacial score (nSPS) is 10.4. The fourth-order valence-corrected chi connectivity index (χ4v) is 1.55. The van der Waals surface area contributed by atoms with Crippen molar-refractivity contribution in [2.24, 2.45) is 0 Å². The van der Waals surface area contributed by atoms with Crippen LogP contribution in [0.2, 0.25) is 0 Å². The molecule has 0 heterocycles. The van der Waals surface area contributed by atoms with E-state index in [0.29, 0.717) is 0 Å². The van der Waals surface area contributed by atoms with Gasteiger partial charge in [-0.3, -0.25) is 4.55 Å². The van der Waals surface area contributed by atoms with Crippen LogP contribution in [0.3, 0.4) is 0 Å². The van der Waals surface area contributed by atoms with Gasteiger partial charge in [-0.15, -0.1) is 0 Å². The maximum Gasteiger partial charge on any atom is 1.00 e. The SMILES string of the molecule is O=C(O)c1ccccc1S(=O)(=O)O.[H-].[Na+]. The van der Waals surface area contributed by atoms with Crippen molar-refractivity contribution in [3.05, 3.63) is 29.8 Å². The van der Waals surface area contributed by atoms with E-state index in [-0.39, 0.29) is 31.0 Å². The van der Waals surface area contributed by atoms with Gasteiger partial charge in [-0.1, -0.05) is 12.1 Å². The van der Waals surface area contributed by atoms with Crippen molar-refractivity contribution in [3.8, 4) is 0 Å². The van der Waals surface area contributed by atoms with E-state index in [4.69, 9.17) is 9.66 Å². The fourth-order valence-electron chi connectivity index (χ4n) is 0.868. The molecule has 0 aliphatic carbocycles. The van der Waals surface area contributed by atoms with E-state index >= 15 is 0 Å². The molecule has 0 radical (unpaired) electrons. The Morgan fingerprint density at radius 3 is 2.14 bits per heavy atom. The topological polar surface area (TPSA) is 91.7 Å². The van der Waals surface area contributed by atoms with E-state index < -0.39 is 26.5 Å². The van der Waals surface area contributed by atoms with Crippen molar-refractivity contribution in [3.63, 3.8) is 0 Å². The van der Waals surface area contributed by atoms with Crippen molar-refractivity contribution in [1.29, 1.82) is 0 Å². The first-order valence-corrected chi connectivity index (χ1v) is 4.67. The zero-order valence-electron chi connectivity index (χ0n) is 8.34. The number of rotatable bonds is 2. The summed E-state index contributed by atoms with van der Waals surface area (Å²) < 4.78 is 29.9. The summed E-state index contributed by atoms with van der Waals surface area (Å²) in [5.74, 6) is -1.40. The first kappa shape index (κ1) is 13.6. The Bertz CT molecular complexity index is 444. The third kappa shape index (κ3) is 3.07. The van der Waals surface area contributed by atoms with Crippen molar-refractivity contribution < 1.29 is 53.9 Å². The van der Waals surface area contributed by atoms with Crippen molar-refractivity contribution in [2.75, 3.05) is 0 Å². The van der Waals surface area contributed by atoms with Gasteiger partial charge < -0.3 is 6.53 Å². The number of carbonyl (C=O) groups is 1. The average Bonchev–Trinajstić information content (AvgIpc) is 2.03. The molecule has 0 saturated heterocycles. The third-order valence-electron chi connectivity index (χ3n) is 1.40. The maximum absolute atomic E-state index is 10.7. The molecule has 5 nitrogen and oxygen atoms in total. The number of benzene rings is 1. The van der Waals surface area contributed by atoms with Gasteiger partial charge in [0.2, 0.25) is 0 Å². The van der Waals surface area contributed by atoms with Gasteiger partial charge in [-0.25, -0.2) is 4.79 Å². The predicted molar refractivity (Wildman–Crippen MR) is 44.3 cm³/mol. The Labute approximate surface area is 104 Å². The molecule has 0 bridgehead atoms. The van der Waals surface area contributed by atoms with E-state index in [2.05, 4.69) is 0 Å². The molecule has 0 unspecified atom stereocenters. The van der Waals surface area contributed by atoms with Gasteiger partial charge >= 0.3 is 35.5 Å². The first-order chi connectivity index (χ1) is 5.93. The second-order valence-corrected chi connectivity index (χ2v) is 3.67. The molecule has 0 spiro atoms. The molecule has 14 heavy (non-hydrogen) atoms. The molecule has 1 aromatic carbocycles. The smallest absolute Gasteiger partial charge is 1.00 e. The third-order valence-corrected chi connectivity index (χ3v) is 2.31. The van der Waals surface area contributed by atoms with Crippen LogP contribution < -0.4 is 29.6 Å². The molecule has 1 aromatic rings. The van der Waals surface area contributed by atoms with Gasteiger partial charge in [0.15, 0.2) is 0 Å². The zero-order chi connectivity index (χ0) is 10.1. The molecule has 0 saturated carbocycles. The summed E-state index contributed by atoms with van der Waals surface area (Å²) >= 11 is 0. The molecule has 0 aliphatic rings. The van der Waals surface area contributed by atoms with Crippen LogP contribution in [0, 0.1) is 0 Å². The predicted octanol–water partition coefficient (Wildman–Crippen LogP) is -2.25.